The van der Waals surface area contributed by atoms with Gasteiger partial charge in [0.2, 0.25) is 5.89 Å². The Labute approximate surface area is 126 Å². The number of nitrogens with zero attached hydrogens (tertiary/aromatic N) is 3. The predicted octanol–water partition coefficient (Wildman–Crippen LogP) is 1.20. The molecule has 8 heteroatoms. The maximum Gasteiger partial charge on any atom is 0.325 e. The van der Waals surface area contributed by atoms with E-state index in [2.05, 4.69) is 29.3 Å². The molecule has 0 radical (unpaired) electrons. The molecule has 1 spiro atoms. The zero-order chi connectivity index (χ0) is 15.0. The summed E-state index contributed by atoms with van der Waals surface area (Å²) in [4.78, 5) is 29.9. The maximum atomic E-state index is 12.5. The van der Waals surface area contributed by atoms with Crippen molar-refractivity contribution in [2.45, 2.75) is 38.8 Å². The van der Waals surface area contributed by atoms with Gasteiger partial charge in [0, 0.05) is 12.2 Å². The van der Waals surface area contributed by atoms with Crippen molar-refractivity contribution in [1.82, 2.24) is 20.4 Å². The number of carbonyl (C=O) groups is 2. The Morgan fingerprint density at radius 3 is 2.95 bits per heavy atom. The number of urea groups is 1. The summed E-state index contributed by atoms with van der Waals surface area (Å²) in [6.07, 6.45) is 1.39. The van der Waals surface area contributed by atoms with Gasteiger partial charge in [-0.05, 0) is 18.1 Å². The van der Waals surface area contributed by atoms with E-state index in [1.807, 2.05) is 0 Å². The summed E-state index contributed by atoms with van der Waals surface area (Å²) in [5, 5.41) is 6.69. The fraction of sp³-hybridized carbons (Fsp3) is 0.692. The smallest absolute Gasteiger partial charge is 0.325 e. The molecule has 3 amide bonds. The van der Waals surface area contributed by atoms with Gasteiger partial charge in [0.1, 0.15) is 12.1 Å². The number of hydrogen-bond donors (Lipinski definition) is 1. The van der Waals surface area contributed by atoms with Crippen molar-refractivity contribution < 1.29 is 14.1 Å². The molecule has 2 aliphatic heterocycles. The Balaban J connectivity index is 1.71. The Hall–Kier alpha value is -1.57. The zero-order valence-electron chi connectivity index (χ0n) is 12.1. The fourth-order valence-corrected chi connectivity index (χ4v) is 3.92. The van der Waals surface area contributed by atoms with Gasteiger partial charge in [-0.15, -0.1) is 0 Å². The largest absolute Gasteiger partial charge is 0.337 e. The van der Waals surface area contributed by atoms with Gasteiger partial charge in [-0.3, -0.25) is 9.69 Å². The molecule has 0 unspecified atom stereocenters. The number of carbonyl (C=O) groups excluding carboxylic acids is 2. The van der Waals surface area contributed by atoms with Crippen molar-refractivity contribution in [3.05, 3.63) is 11.7 Å². The molecule has 0 saturated carbocycles. The molecule has 21 heavy (non-hydrogen) atoms. The lowest BCUT2D eigenvalue weighted by molar-refractivity contribution is -0.131. The van der Waals surface area contributed by atoms with E-state index in [-0.39, 0.29) is 18.5 Å². The van der Waals surface area contributed by atoms with Crippen molar-refractivity contribution in [2.24, 2.45) is 5.92 Å². The van der Waals surface area contributed by atoms with Crippen LogP contribution >= 0.6 is 11.8 Å². The first kappa shape index (κ1) is 14.4. The summed E-state index contributed by atoms with van der Waals surface area (Å²) in [5.41, 5.74) is -0.720. The Morgan fingerprint density at radius 2 is 2.29 bits per heavy atom. The van der Waals surface area contributed by atoms with Gasteiger partial charge >= 0.3 is 6.03 Å². The van der Waals surface area contributed by atoms with Crippen LogP contribution < -0.4 is 5.32 Å². The van der Waals surface area contributed by atoms with Crippen LogP contribution in [0, 0.1) is 5.92 Å². The van der Waals surface area contributed by atoms with Gasteiger partial charge in [-0.25, -0.2) is 4.79 Å². The summed E-state index contributed by atoms with van der Waals surface area (Å²) < 4.78 is 5.13. The van der Waals surface area contributed by atoms with Crippen molar-refractivity contribution in [3.8, 4) is 0 Å². The van der Waals surface area contributed by atoms with Crippen molar-refractivity contribution in [2.75, 3.05) is 11.5 Å². The van der Waals surface area contributed by atoms with Crippen LogP contribution in [0.2, 0.25) is 0 Å². The lowest BCUT2D eigenvalue weighted by Gasteiger charge is -2.18. The molecule has 2 fully saturated rings. The van der Waals surface area contributed by atoms with E-state index in [1.165, 1.54) is 4.90 Å². The molecule has 1 N–H and O–H groups in total. The van der Waals surface area contributed by atoms with E-state index < -0.39 is 5.54 Å². The Bertz CT molecular complexity index is 566. The highest BCUT2D eigenvalue weighted by molar-refractivity contribution is 7.99. The molecule has 1 aromatic rings. The van der Waals surface area contributed by atoms with Crippen LogP contribution in [-0.4, -0.2) is 44.0 Å². The summed E-state index contributed by atoms with van der Waals surface area (Å²) in [6.45, 7) is 4.17. The molecule has 7 nitrogen and oxygen atoms in total. The van der Waals surface area contributed by atoms with Crippen LogP contribution in [0.4, 0.5) is 4.79 Å². The third-order valence-corrected chi connectivity index (χ3v) is 4.85. The molecule has 0 aromatic carbocycles. The second kappa shape index (κ2) is 5.32. The summed E-state index contributed by atoms with van der Waals surface area (Å²) in [7, 11) is 0. The molecule has 2 saturated heterocycles. The van der Waals surface area contributed by atoms with Crippen LogP contribution in [0.5, 0.6) is 0 Å². The first-order valence-corrected chi connectivity index (χ1v) is 8.19. The zero-order valence-corrected chi connectivity index (χ0v) is 12.9. The van der Waals surface area contributed by atoms with Gasteiger partial charge in [0.05, 0.1) is 0 Å². The minimum absolute atomic E-state index is 0.0438. The molecule has 1 aromatic heterocycles. The first-order valence-electron chi connectivity index (χ1n) is 7.03. The molecule has 3 heterocycles. The summed E-state index contributed by atoms with van der Waals surface area (Å²) in [6, 6.07) is -0.369. The minimum atomic E-state index is -0.720. The number of nitrogens with one attached hydrogen (secondary N) is 1. The number of thioether (sulfide) groups is 1. The molecule has 3 rings (SSSR count). The molecule has 114 valence electrons. The average molecular weight is 310 g/mol. The topological polar surface area (TPSA) is 88.3 Å². The third kappa shape index (κ3) is 2.64. The number of rotatable bonds is 4. The number of hydrogen-bond acceptors (Lipinski definition) is 6. The van der Waals surface area contributed by atoms with Crippen LogP contribution in [0.15, 0.2) is 4.52 Å². The van der Waals surface area contributed by atoms with Crippen molar-refractivity contribution >= 4 is 23.7 Å². The van der Waals surface area contributed by atoms with Crippen LogP contribution in [-0.2, 0) is 17.8 Å². The van der Waals surface area contributed by atoms with E-state index >= 15 is 0 Å². The van der Waals surface area contributed by atoms with Gasteiger partial charge in [0.15, 0.2) is 5.82 Å². The van der Waals surface area contributed by atoms with E-state index in [0.717, 1.165) is 5.75 Å². The Morgan fingerprint density at radius 1 is 1.48 bits per heavy atom. The van der Waals surface area contributed by atoms with Crippen molar-refractivity contribution in [3.63, 3.8) is 0 Å². The monoisotopic (exact) mass is 310 g/mol. The van der Waals surface area contributed by atoms with Gasteiger partial charge in [-0.2, -0.15) is 16.7 Å². The fourth-order valence-electron chi connectivity index (χ4n) is 2.59. The molecule has 2 aliphatic rings. The molecule has 0 bridgehead atoms. The lowest BCUT2D eigenvalue weighted by Crippen LogP contribution is -2.46. The van der Waals surface area contributed by atoms with Gasteiger partial charge < -0.3 is 9.84 Å². The van der Waals surface area contributed by atoms with E-state index in [1.54, 1.807) is 11.8 Å². The van der Waals surface area contributed by atoms with E-state index in [4.69, 9.17) is 4.52 Å². The Kier molecular flexibility index (Phi) is 3.64. The SMILES string of the molecule is CC(C)Cc1noc(CN2C(=O)N[C@@]3(CCSC3)C2=O)n1. The predicted molar refractivity (Wildman–Crippen MR) is 76.6 cm³/mol. The molecular formula is C13H18N4O3S. The lowest BCUT2D eigenvalue weighted by atomic mass is 9.99. The normalized spacial score (nSPS) is 25.4. The third-order valence-electron chi connectivity index (χ3n) is 3.66. The maximum absolute atomic E-state index is 12.5. The highest BCUT2D eigenvalue weighted by Crippen LogP contribution is 2.33. The molecule has 0 aliphatic carbocycles. The van der Waals surface area contributed by atoms with Gasteiger partial charge in [0.25, 0.3) is 5.91 Å². The number of aromatic nitrogens is 2. The summed E-state index contributed by atoms with van der Waals surface area (Å²) in [5.74, 6) is 2.68. The van der Waals surface area contributed by atoms with Crippen LogP contribution in [0.3, 0.4) is 0 Å². The summed E-state index contributed by atoms with van der Waals surface area (Å²) >= 11 is 1.68. The van der Waals surface area contributed by atoms with E-state index in [9.17, 15) is 9.59 Å². The van der Waals surface area contributed by atoms with Gasteiger partial charge in [-0.1, -0.05) is 19.0 Å². The highest BCUT2D eigenvalue weighted by atomic mass is 32.2. The second-order valence-electron chi connectivity index (χ2n) is 5.91. The highest BCUT2D eigenvalue weighted by Gasteiger charge is 2.53. The minimum Gasteiger partial charge on any atom is -0.337 e. The van der Waals surface area contributed by atoms with Crippen LogP contribution in [0.1, 0.15) is 32.0 Å². The average Bonchev–Trinajstić information content (AvgIpc) is 3.09. The quantitative estimate of drug-likeness (QED) is 0.841. The van der Waals surface area contributed by atoms with Crippen molar-refractivity contribution in [1.29, 1.82) is 0 Å². The first-order chi connectivity index (χ1) is 10.00. The van der Waals surface area contributed by atoms with Crippen LogP contribution in [0.25, 0.3) is 0 Å². The standard InChI is InChI=1S/C13H18N4O3S/c1-8(2)5-9-14-10(20-16-9)6-17-11(18)13(15-12(17)19)3-4-21-7-13/h8H,3-7H2,1-2H3,(H,15,19)/t13-/m1/s1. The van der Waals surface area contributed by atoms with E-state index in [0.29, 0.717) is 36.2 Å². The molecular weight excluding hydrogens is 292 g/mol. The second-order valence-corrected chi connectivity index (χ2v) is 7.01. The number of imide groups is 1. The number of amides is 3. The molecule has 1 atom stereocenters.